The van der Waals surface area contributed by atoms with Crippen molar-refractivity contribution in [2.45, 2.75) is 5.25 Å². The summed E-state index contributed by atoms with van der Waals surface area (Å²) in [7, 11) is 0. The van der Waals surface area contributed by atoms with Crippen LogP contribution in [-0.2, 0) is 4.79 Å². The van der Waals surface area contributed by atoms with Gasteiger partial charge in [-0.3, -0.25) is 4.79 Å². The standard InChI is InChI=1S/C4H8N2OS/c5-4(7)3-1-6-2-8-3/h3,6H,1-2H2,(H2,5,7)/t3-/m0/s1. The zero-order valence-corrected chi connectivity index (χ0v) is 5.20. The van der Waals surface area contributed by atoms with Crippen LogP contribution in [0, 0.1) is 0 Å². The van der Waals surface area contributed by atoms with Crippen molar-refractivity contribution in [3.63, 3.8) is 0 Å². The van der Waals surface area contributed by atoms with Crippen LogP contribution in [0.15, 0.2) is 0 Å². The normalized spacial score (nSPS) is 28.2. The molecule has 1 aliphatic rings. The second-order valence-corrected chi connectivity index (χ2v) is 2.85. The maximum absolute atomic E-state index is 10.4. The van der Waals surface area contributed by atoms with E-state index in [0.717, 1.165) is 12.4 Å². The first kappa shape index (κ1) is 5.91. The van der Waals surface area contributed by atoms with E-state index in [4.69, 9.17) is 5.73 Å². The molecule has 1 rings (SSSR count). The van der Waals surface area contributed by atoms with Gasteiger partial charge in [0.25, 0.3) is 0 Å². The van der Waals surface area contributed by atoms with Crippen molar-refractivity contribution in [1.82, 2.24) is 5.32 Å². The number of hydrogen-bond acceptors (Lipinski definition) is 3. The van der Waals surface area contributed by atoms with E-state index in [9.17, 15) is 4.79 Å². The minimum absolute atomic E-state index is 0.00926. The third-order valence-corrected chi connectivity index (χ3v) is 2.21. The summed E-state index contributed by atoms with van der Waals surface area (Å²) in [6, 6.07) is 0. The topological polar surface area (TPSA) is 55.1 Å². The summed E-state index contributed by atoms with van der Waals surface area (Å²) in [5.74, 6) is 0.646. The smallest absolute Gasteiger partial charge is 0.231 e. The maximum atomic E-state index is 10.4. The van der Waals surface area contributed by atoms with Gasteiger partial charge in [0.05, 0.1) is 5.25 Å². The Morgan fingerprint density at radius 1 is 1.88 bits per heavy atom. The Bertz CT molecular complexity index is 100. The molecule has 0 spiro atoms. The molecule has 0 aromatic rings. The van der Waals surface area contributed by atoms with E-state index in [1.165, 1.54) is 0 Å². The molecule has 0 bridgehead atoms. The first-order valence-electron chi connectivity index (χ1n) is 2.42. The van der Waals surface area contributed by atoms with Crippen LogP contribution in [0.5, 0.6) is 0 Å². The fourth-order valence-corrected chi connectivity index (χ4v) is 1.43. The fourth-order valence-electron chi connectivity index (χ4n) is 0.591. The lowest BCUT2D eigenvalue weighted by Gasteiger charge is -1.97. The third-order valence-electron chi connectivity index (χ3n) is 1.03. The van der Waals surface area contributed by atoms with E-state index in [-0.39, 0.29) is 11.2 Å². The van der Waals surface area contributed by atoms with E-state index in [1.54, 1.807) is 11.8 Å². The summed E-state index contributed by atoms with van der Waals surface area (Å²) in [4.78, 5) is 10.4. The number of hydrogen-bond donors (Lipinski definition) is 2. The molecule has 4 heteroatoms. The van der Waals surface area contributed by atoms with Crippen LogP contribution >= 0.6 is 11.8 Å². The molecule has 1 saturated heterocycles. The van der Waals surface area contributed by atoms with Gasteiger partial charge in [-0.05, 0) is 0 Å². The number of nitrogens with two attached hydrogens (primary N) is 1. The molecule has 1 heterocycles. The lowest BCUT2D eigenvalue weighted by Crippen LogP contribution is -2.28. The molecule has 1 amide bonds. The fraction of sp³-hybridized carbons (Fsp3) is 0.750. The number of carbonyl (C=O) groups excluding carboxylic acids is 1. The van der Waals surface area contributed by atoms with Crippen LogP contribution in [0.25, 0.3) is 0 Å². The van der Waals surface area contributed by atoms with Crippen LogP contribution in [0.2, 0.25) is 0 Å². The summed E-state index contributed by atoms with van der Waals surface area (Å²) in [6.45, 7) is 0.736. The number of amides is 1. The van der Waals surface area contributed by atoms with Crippen molar-refractivity contribution in [2.24, 2.45) is 5.73 Å². The van der Waals surface area contributed by atoms with E-state index >= 15 is 0 Å². The van der Waals surface area contributed by atoms with Crippen molar-refractivity contribution < 1.29 is 4.79 Å². The number of nitrogens with one attached hydrogen (secondary N) is 1. The lowest BCUT2D eigenvalue weighted by molar-refractivity contribution is -0.117. The molecule has 0 radical (unpaired) electrons. The molecule has 1 fully saturated rings. The molecule has 8 heavy (non-hydrogen) atoms. The Kier molecular flexibility index (Phi) is 1.75. The average molecular weight is 132 g/mol. The van der Waals surface area contributed by atoms with Crippen molar-refractivity contribution in [1.29, 1.82) is 0 Å². The van der Waals surface area contributed by atoms with Gasteiger partial charge in [-0.25, -0.2) is 0 Å². The number of rotatable bonds is 1. The Balaban J connectivity index is 2.35. The van der Waals surface area contributed by atoms with Gasteiger partial charge in [0.15, 0.2) is 0 Å². The minimum atomic E-state index is -0.208. The number of carbonyl (C=O) groups is 1. The highest BCUT2D eigenvalue weighted by Crippen LogP contribution is 2.12. The second-order valence-electron chi connectivity index (χ2n) is 1.66. The molecule has 1 aliphatic heterocycles. The van der Waals surface area contributed by atoms with Crippen LogP contribution in [-0.4, -0.2) is 23.6 Å². The average Bonchev–Trinajstić information content (AvgIpc) is 2.12. The van der Waals surface area contributed by atoms with E-state index in [0.29, 0.717) is 0 Å². The summed E-state index contributed by atoms with van der Waals surface area (Å²) in [5.41, 5.74) is 5.00. The second kappa shape index (κ2) is 2.37. The molecule has 1 atom stereocenters. The van der Waals surface area contributed by atoms with Crippen molar-refractivity contribution >= 4 is 17.7 Å². The quantitative estimate of drug-likeness (QED) is 0.488. The largest absolute Gasteiger partial charge is 0.369 e. The van der Waals surface area contributed by atoms with Gasteiger partial charge in [-0.15, -0.1) is 11.8 Å². The molecule has 0 aromatic heterocycles. The Hall–Kier alpha value is -0.220. The zero-order valence-electron chi connectivity index (χ0n) is 4.39. The molecular weight excluding hydrogens is 124 g/mol. The monoisotopic (exact) mass is 132 g/mol. The lowest BCUT2D eigenvalue weighted by atomic mass is 10.4. The van der Waals surface area contributed by atoms with Crippen LogP contribution in [0.3, 0.4) is 0 Å². The molecule has 0 aliphatic carbocycles. The van der Waals surface area contributed by atoms with E-state index < -0.39 is 0 Å². The van der Waals surface area contributed by atoms with Crippen LogP contribution < -0.4 is 11.1 Å². The van der Waals surface area contributed by atoms with Gasteiger partial charge in [0.2, 0.25) is 5.91 Å². The summed E-state index contributed by atoms with van der Waals surface area (Å²) >= 11 is 1.56. The molecule has 3 nitrogen and oxygen atoms in total. The predicted octanol–water partition coefficient (Wildman–Crippen LogP) is -0.866. The van der Waals surface area contributed by atoms with Gasteiger partial charge in [0.1, 0.15) is 0 Å². The molecule has 0 saturated carbocycles. The Labute approximate surface area is 52.0 Å². The van der Waals surface area contributed by atoms with Gasteiger partial charge in [0, 0.05) is 12.4 Å². The summed E-state index contributed by atoms with van der Waals surface area (Å²) in [6.07, 6.45) is 0. The highest BCUT2D eigenvalue weighted by molar-refractivity contribution is 8.00. The molecule has 46 valence electrons. The molecule has 0 aromatic carbocycles. The van der Waals surface area contributed by atoms with E-state index in [1.807, 2.05) is 0 Å². The SMILES string of the molecule is NC(=O)[C@@H]1CNCS1. The van der Waals surface area contributed by atoms with Crippen molar-refractivity contribution in [3.8, 4) is 0 Å². The first-order chi connectivity index (χ1) is 3.80. The first-order valence-corrected chi connectivity index (χ1v) is 3.47. The third kappa shape index (κ3) is 1.14. The Morgan fingerprint density at radius 3 is 2.88 bits per heavy atom. The number of thioether (sulfide) groups is 1. The van der Waals surface area contributed by atoms with Gasteiger partial charge >= 0.3 is 0 Å². The molecule has 0 unspecified atom stereocenters. The predicted molar refractivity (Wildman–Crippen MR) is 33.4 cm³/mol. The number of primary amides is 1. The van der Waals surface area contributed by atoms with E-state index in [2.05, 4.69) is 5.32 Å². The zero-order chi connectivity index (χ0) is 5.98. The summed E-state index contributed by atoms with van der Waals surface area (Å²) < 4.78 is 0. The summed E-state index contributed by atoms with van der Waals surface area (Å²) in [5, 5.41) is 3.03. The maximum Gasteiger partial charge on any atom is 0.231 e. The van der Waals surface area contributed by atoms with Gasteiger partial charge in [-0.1, -0.05) is 0 Å². The van der Waals surface area contributed by atoms with Crippen LogP contribution in [0.4, 0.5) is 0 Å². The highest BCUT2D eigenvalue weighted by atomic mass is 32.2. The van der Waals surface area contributed by atoms with Crippen LogP contribution in [0.1, 0.15) is 0 Å². The van der Waals surface area contributed by atoms with Gasteiger partial charge < -0.3 is 11.1 Å². The highest BCUT2D eigenvalue weighted by Gasteiger charge is 2.19. The molecule has 3 N–H and O–H groups in total. The van der Waals surface area contributed by atoms with Crippen molar-refractivity contribution in [3.05, 3.63) is 0 Å². The van der Waals surface area contributed by atoms with Gasteiger partial charge in [-0.2, -0.15) is 0 Å². The minimum Gasteiger partial charge on any atom is -0.369 e. The Morgan fingerprint density at radius 2 is 2.62 bits per heavy atom. The van der Waals surface area contributed by atoms with Crippen molar-refractivity contribution in [2.75, 3.05) is 12.4 Å². The molecular formula is C4H8N2OS.